The van der Waals surface area contributed by atoms with E-state index in [9.17, 15) is 13.2 Å². The van der Waals surface area contributed by atoms with E-state index in [-0.39, 0.29) is 10.7 Å². The molecule has 0 saturated heterocycles. The molecule has 0 radical (unpaired) electrons. The van der Waals surface area contributed by atoms with Crippen LogP contribution < -0.4 is 4.72 Å². The SMILES string of the molecule is CC(=O)c1cccc(-c2ccccc2NS(=O)(=O)c2ccc(C)cc2)c1. The summed E-state index contributed by atoms with van der Waals surface area (Å²) < 4.78 is 28.1. The molecule has 3 aromatic rings. The van der Waals surface area contributed by atoms with Crippen LogP contribution >= 0.6 is 0 Å². The first-order chi connectivity index (χ1) is 12.4. The maximum atomic E-state index is 12.7. The summed E-state index contributed by atoms with van der Waals surface area (Å²) in [4.78, 5) is 11.8. The largest absolute Gasteiger partial charge is 0.295 e. The molecule has 4 nitrogen and oxygen atoms in total. The van der Waals surface area contributed by atoms with Crippen molar-refractivity contribution < 1.29 is 13.2 Å². The number of aryl methyl sites for hydroxylation is 1. The van der Waals surface area contributed by atoms with Crippen LogP contribution in [0, 0.1) is 6.92 Å². The molecular weight excluding hydrogens is 346 g/mol. The van der Waals surface area contributed by atoms with E-state index >= 15 is 0 Å². The Hall–Kier alpha value is -2.92. The van der Waals surface area contributed by atoms with Crippen molar-refractivity contribution in [2.45, 2.75) is 18.7 Å². The molecule has 132 valence electrons. The molecule has 26 heavy (non-hydrogen) atoms. The standard InChI is InChI=1S/C21H19NO3S/c1-15-10-12-19(13-11-15)26(24,25)22-21-9-4-3-8-20(21)18-7-5-6-17(14-18)16(2)23/h3-14,22H,1-2H3. The molecule has 0 aliphatic heterocycles. The highest BCUT2D eigenvalue weighted by molar-refractivity contribution is 7.92. The number of carbonyl (C=O) groups is 1. The Bertz CT molecular complexity index is 1050. The van der Waals surface area contributed by atoms with E-state index in [1.165, 1.54) is 6.92 Å². The fourth-order valence-corrected chi connectivity index (χ4v) is 3.73. The molecule has 0 aromatic heterocycles. The van der Waals surface area contributed by atoms with Gasteiger partial charge < -0.3 is 0 Å². The Morgan fingerprint density at radius 1 is 0.885 bits per heavy atom. The Balaban J connectivity index is 2.01. The van der Waals surface area contributed by atoms with Gasteiger partial charge in [0.05, 0.1) is 10.6 Å². The van der Waals surface area contributed by atoms with E-state index in [1.807, 2.05) is 25.1 Å². The van der Waals surface area contributed by atoms with Crippen LogP contribution in [0.4, 0.5) is 5.69 Å². The maximum Gasteiger partial charge on any atom is 0.261 e. The van der Waals surface area contributed by atoms with Crippen LogP contribution in [0.2, 0.25) is 0 Å². The number of hydrogen-bond acceptors (Lipinski definition) is 3. The van der Waals surface area contributed by atoms with E-state index in [0.717, 1.165) is 11.1 Å². The molecule has 0 bridgehead atoms. The Morgan fingerprint density at radius 3 is 2.27 bits per heavy atom. The van der Waals surface area contributed by atoms with Gasteiger partial charge in [-0.05, 0) is 43.7 Å². The van der Waals surface area contributed by atoms with Crippen molar-refractivity contribution in [1.29, 1.82) is 0 Å². The van der Waals surface area contributed by atoms with Gasteiger partial charge in [0.15, 0.2) is 5.78 Å². The topological polar surface area (TPSA) is 63.2 Å². The molecular formula is C21H19NO3S. The van der Waals surface area contributed by atoms with Gasteiger partial charge in [-0.1, -0.05) is 54.1 Å². The Kier molecular flexibility index (Phi) is 4.91. The van der Waals surface area contributed by atoms with Crippen molar-refractivity contribution in [3.05, 3.63) is 83.9 Å². The summed E-state index contributed by atoms with van der Waals surface area (Å²) in [7, 11) is -3.70. The van der Waals surface area contributed by atoms with Crippen LogP contribution in [0.1, 0.15) is 22.8 Å². The maximum absolute atomic E-state index is 12.7. The number of benzene rings is 3. The predicted molar refractivity (Wildman–Crippen MR) is 104 cm³/mol. The summed E-state index contributed by atoms with van der Waals surface area (Å²) >= 11 is 0. The van der Waals surface area contributed by atoms with Gasteiger partial charge in [-0.2, -0.15) is 0 Å². The van der Waals surface area contributed by atoms with Crippen LogP contribution in [0.3, 0.4) is 0 Å². The van der Waals surface area contributed by atoms with Gasteiger partial charge in [0.1, 0.15) is 0 Å². The molecule has 0 unspecified atom stereocenters. The molecule has 5 heteroatoms. The minimum absolute atomic E-state index is 0.0374. The summed E-state index contributed by atoms with van der Waals surface area (Å²) in [5.74, 6) is -0.0374. The van der Waals surface area contributed by atoms with Gasteiger partial charge in [-0.3, -0.25) is 9.52 Å². The number of carbonyl (C=O) groups excluding carboxylic acids is 1. The van der Waals surface area contributed by atoms with Crippen LogP contribution in [0.25, 0.3) is 11.1 Å². The third-order valence-corrected chi connectivity index (χ3v) is 5.46. The minimum atomic E-state index is -3.70. The molecule has 0 fully saturated rings. The van der Waals surface area contributed by atoms with Gasteiger partial charge in [0, 0.05) is 11.1 Å². The van der Waals surface area contributed by atoms with Crippen molar-refractivity contribution in [1.82, 2.24) is 0 Å². The van der Waals surface area contributed by atoms with Crippen LogP contribution in [-0.4, -0.2) is 14.2 Å². The van der Waals surface area contributed by atoms with Crippen molar-refractivity contribution in [2.24, 2.45) is 0 Å². The molecule has 0 aliphatic rings. The third-order valence-electron chi connectivity index (χ3n) is 4.08. The second-order valence-corrected chi connectivity index (χ2v) is 7.78. The lowest BCUT2D eigenvalue weighted by atomic mass is 10.0. The van der Waals surface area contributed by atoms with Gasteiger partial charge in [-0.25, -0.2) is 8.42 Å². The molecule has 0 amide bonds. The number of rotatable bonds is 5. The molecule has 0 spiro atoms. The average molecular weight is 365 g/mol. The van der Waals surface area contributed by atoms with E-state index < -0.39 is 10.0 Å². The van der Waals surface area contributed by atoms with Gasteiger partial charge >= 0.3 is 0 Å². The molecule has 0 atom stereocenters. The lowest BCUT2D eigenvalue weighted by Crippen LogP contribution is -2.13. The van der Waals surface area contributed by atoms with E-state index in [1.54, 1.807) is 54.6 Å². The van der Waals surface area contributed by atoms with Gasteiger partial charge in [0.25, 0.3) is 10.0 Å². The van der Waals surface area contributed by atoms with E-state index in [4.69, 9.17) is 0 Å². The molecule has 3 rings (SSSR count). The average Bonchev–Trinajstić information content (AvgIpc) is 2.62. The summed E-state index contributed by atoms with van der Waals surface area (Å²) in [6.45, 7) is 3.41. The van der Waals surface area contributed by atoms with Crippen molar-refractivity contribution in [2.75, 3.05) is 4.72 Å². The zero-order valence-corrected chi connectivity index (χ0v) is 15.4. The molecule has 0 saturated carbocycles. The lowest BCUT2D eigenvalue weighted by molar-refractivity contribution is 0.101. The number of para-hydroxylation sites is 1. The molecule has 0 heterocycles. The Labute approximate surface area is 153 Å². The number of nitrogens with one attached hydrogen (secondary N) is 1. The van der Waals surface area contributed by atoms with Crippen molar-refractivity contribution in [3.8, 4) is 11.1 Å². The summed E-state index contributed by atoms with van der Waals surface area (Å²) in [6.07, 6.45) is 0. The van der Waals surface area contributed by atoms with E-state index in [2.05, 4.69) is 4.72 Å². The summed E-state index contributed by atoms with van der Waals surface area (Å²) in [5.41, 5.74) is 3.53. The normalized spacial score (nSPS) is 11.2. The van der Waals surface area contributed by atoms with Crippen LogP contribution in [0.5, 0.6) is 0 Å². The smallest absolute Gasteiger partial charge is 0.261 e. The quantitative estimate of drug-likeness (QED) is 0.669. The van der Waals surface area contributed by atoms with Crippen molar-refractivity contribution in [3.63, 3.8) is 0 Å². The Morgan fingerprint density at radius 2 is 1.58 bits per heavy atom. The highest BCUT2D eigenvalue weighted by Crippen LogP contribution is 2.30. The lowest BCUT2D eigenvalue weighted by Gasteiger charge is -2.13. The fourth-order valence-electron chi connectivity index (χ4n) is 2.65. The predicted octanol–water partition coefficient (Wildman–Crippen LogP) is 4.67. The first-order valence-corrected chi connectivity index (χ1v) is 9.65. The minimum Gasteiger partial charge on any atom is -0.295 e. The molecule has 0 aliphatic carbocycles. The second-order valence-electron chi connectivity index (χ2n) is 6.10. The summed E-state index contributed by atoms with van der Waals surface area (Å²) in [6, 6.07) is 21.0. The zero-order chi connectivity index (χ0) is 18.7. The third kappa shape index (κ3) is 3.83. The van der Waals surface area contributed by atoms with Crippen LogP contribution in [0.15, 0.2) is 77.7 Å². The number of hydrogen-bond donors (Lipinski definition) is 1. The first-order valence-electron chi connectivity index (χ1n) is 8.17. The van der Waals surface area contributed by atoms with Crippen molar-refractivity contribution >= 4 is 21.5 Å². The highest BCUT2D eigenvalue weighted by atomic mass is 32.2. The highest BCUT2D eigenvalue weighted by Gasteiger charge is 2.16. The number of Topliss-reactive ketones (excluding diaryl/α,β-unsaturated/α-hetero) is 1. The second kappa shape index (κ2) is 7.14. The number of sulfonamides is 1. The molecule has 1 N–H and O–H groups in total. The number of anilines is 1. The summed E-state index contributed by atoms with van der Waals surface area (Å²) in [5, 5.41) is 0. The monoisotopic (exact) mass is 365 g/mol. The van der Waals surface area contributed by atoms with E-state index in [0.29, 0.717) is 16.8 Å². The molecule has 3 aromatic carbocycles. The fraction of sp³-hybridized carbons (Fsp3) is 0.0952. The number of ketones is 1. The first kappa shape index (κ1) is 17.9. The van der Waals surface area contributed by atoms with Crippen LogP contribution in [-0.2, 0) is 10.0 Å². The van der Waals surface area contributed by atoms with Gasteiger partial charge in [-0.15, -0.1) is 0 Å². The zero-order valence-electron chi connectivity index (χ0n) is 14.6. The van der Waals surface area contributed by atoms with Gasteiger partial charge in [0.2, 0.25) is 0 Å².